The van der Waals surface area contributed by atoms with Crippen molar-refractivity contribution in [3.63, 3.8) is 0 Å². The molecule has 0 radical (unpaired) electrons. The van der Waals surface area contributed by atoms with Crippen molar-refractivity contribution in [2.75, 3.05) is 0 Å². The number of benzene rings is 2. The fourth-order valence-electron chi connectivity index (χ4n) is 3.62. The standard InChI is InChI=1S/C21H26N2O/c1-2-6-16-11-13-19(14-12-16)22-23-21(24)15-18-9-5-8-17-7-3-4-10-20(17)18/h3-5,7-10,16H,2,6,11-15H2,1H3,(H,23,24). The minimum Gasteiger partial charge on any atom is -0.273 e. The largest absolute Gasteiger partial charge is 0.273 e. The summed E-state index contributed by atoms with van der Waals surface area (Å²) in [6, 6.07) is 14.3. The van der Waals surface area contributed by atoms with Gasteiger partial charge in [-0.3, -0.25) is 4.79 Å². The Bertz CT molecular complexity index is 720. The van der Waals surface area contributed by atoms with Gasteiger partial charge in [0.25, 0.3) is 0 Å². The van der Waals surface area contributed by atoms with Crippen LogP contribution in [0, 0.1) is 5.92 Å². The molecule has 0 heterocycles. The number of hydrazone groups is 1. The highest BCUT2D eigenvalue weighted by molar-refractivity contribution is 5.91. The molecule has 3 heteroatoms. The highest BCUT2D eigenvalue weighted by Crippen LogP contribution is 2.26. The summed E-state index contributed by atoms with van der Waals surface area (Å²) in [4.78, 5) is 12.2. The second kappa shape index (κ2) is 8.09. The molecule has 1 N–H and O–H groups in total. The second-order valence-corrected chi connectivity index (χ2v) is 6.76. The van der Waals surface area contributed by atoms with Gasteiger partial charge in [0.05, 0.1) is 6.42 Å². The molecule has 0 atom stereocenters. The first-order chi connectivity index (χ1) is 11.8. The molecule has 0 spiro atoms. The first-order valence-electron chi connectivity index (χ1n) is 9.07. The van der Waals surface area contributed by atoms with E-state index in [0.717, 1.165) is 35.4 Å². The molecule has 0 aliphatic heterocycles. The predicted molar refractivity (Wildman–Crippen MR) is 100 cm³/mol. The number of rotatable bonds is 5. The van der Waals surface area contributed by atoms with Crippen molar-refractivity contribution in [3.8, 4) is 0 Å². The van der Waals surface area contributed by atoms with Crippen LogP contribution in [0.25, 0.3) is 10.8 Å². The van der Waals surface area contributed by atoms with Crippen molar-refractivity contribution in [2.45, 2.75) is 51.9 Å². The molecule has 1 saturated carbocycles. The highest BCUT2D eigenvalue weighted by atomic mass is 16.2. The van der Waals surface area contributed by atoms with Crippen LogP contribution in [0.1, 0.15) is 51.0 Å². The Morgan fingerprint density at radius 1 is 1.12 bits per heavy atom. The van der Waals surface area contributed by atoms with Gasteiger partial charge in [0.2, 0.25) is 5.91 Å². The lowest BCUT2D eigenvalue weighted by Gasteiger charge is -2.22. The van der Waals surface area contributed by atoms with E-state index in [0.29, 0.717) is 6.42 Å². The number of hydrogen-bond acceptors (Lipinski definition) is 2. The maximum atomic E-state index is 12.2. The number of fused-ring (bicyclic) bond motifs is 1. The fraction of sp³-hybridized carbons (Fsp3) is 0.429. The summed E-state index contributed by atoms with van der Waals surface area (Å²) >= 11 is 0. The van der Waals surface area contributed by atoms with Crippen molar-refractivity contribution < 1.29 is 4.79 Å². The van der Waals surface area contributed by atoms with E-state index in [1.54, 1.807) is 0 Å². The maximum absolute atomic E-state index is 12.2. The topological polar surface area (TPSA) is 41.5 Å². The van der Waals surface area contributed by atoms with Crippen molar-refractivity contribution in [1.29, 1.82) is 0 Å². The van der Waals surface area contributed by atoms with Crippen LogP contribution in [0.3, 0.4) is 0 Å². The quantitative estimate of drug-likeness (QED) is 0.786. The van der Waals surface area contributed by atoms with Gasteiger partial charge in [-0.1, -0.05) is 62.2 Å². The van der Waals surface area contributed by atoms with Crippen LogP contribution in [0.4, 0.5) is 0 Å². The van der Waals surface area contributed by atoms with Crippen LogP contribution in [0.2, 0.25) is 0 Å². The Kier molecular flexibility index (Phi) is 5.63. The van der Waals surface area contributed by atoms with E-state index in [1.165, 1.54) is 31.1 Å². The summed E-state index contributed by atoms with van der Waals surface area (Å²) in [6.45, 7) is 2.25. The summed E-state index contributed by atoms with van der Waals surface area (Å²) in [5, 5.41) is 6.68. The number of nitrogens with one attached hydrogen (secondary N) is 1. The normalized spacial score (nSPS) is 17.7. The van der Waals surface area contributed by atoms with Crippen LogP contribution in [-0.4, -0.2) is 11.6 Å². The molecule has 24 heavy (non-hydrogen) atoms. The molecular formula is C21H26N2O. The summed E-state index contributed by atoms with van der Waals surface area (Å²) in [5.41, 5.74) is 4.96. The third kappa shape index (κ3) is 4.22. The molecule has 0 bridgehead atoms. The molecule has 2 aromatic carbocycles. The van der Waals surface area contributed by atoms with Gasteiger partial charge < -0.3 is 0 Å². The Balaban J connectivity index is 1.57. The molecule has 126 valence electrons. The van der Waals surface area contributed by atoms with Crippen LogP contribution in [0.15, 0.2) is 47.6 Å². The minimum atomic E-state index is -0.0328. The Labute approximate surface area is 144 Å². The Hall–Kier alpha value is -2.16. The van der Waals surface area contributed by atoms with Crippen LogP contribution in [0.5, 0.6) is 0 Å². The number of amides is 1. The third-order valence-electron chi connectivity index (χ3n) is 4.95. The molecule has 1 aliphatic rings. The zero-order valence-electron chi connectivity index (χ0n) is 14.4. The lowest BCUT2D eigenvalue weighted by molar-refractivity contribution is -0.120. The number of carbonyl (C=O) groups excluding carboxylic acids is 1. The van der Waals surface area contributed by atoms with E-state index in [4.69, 9.17) is 0 Å². The van der Waals surface area contributed by atoms with Gasteiger partial charge in [0.15, 0.2) is 0 Å². The van der Waals surface area contributed by atoms with Gasteiger partial charge in [0.1, 0.15) is 0 Å². The molecule has 3 nitrogen and oxygen atoms in total. The summed E-state index contributed by atoms with van der Waals surface area (Å²) in [6.07, 6.45) is 7.44. The lowest BCUT2D eigenvalue weighted by atomic mass is 9.85. The Morgan fingerprint density at radius 3 is 2.67 bits per heavy atom. The predicted octanol–water partition coefficient (Wildman–Crippen LogP) is 4.84. The maximum Gasteiger partial charge on any atom is 0.244 e. The van der Waals surface area contributed by atoms with Crippen molar-refractivity contribution in [1.82, 2.24) is 5.43 Å². The average Bonchev–Trinajstić information content (AvgIpc) is 2.62. The first kappa shape index (κ1) is 16.7. The molecule has 0 aromatic heterocycles. The number of carbonyl (C=O) groups is 1. The molecule has 3 rings (SSSR count). The van der Waals surface area contributed by atoms with Crippen molar-refractivity contribution in [3.05, 3.63) is 48.0 Å². The van der Waals surface area contributed by atoms with Crippen molar-refractivity contribution >= 4 is 22.4 Å². The highest BCUT2D eigenvalue weighted by Gasteiger charge is 2.17. The van der Waals surface area contributed by atoms with Gasteiger partial charge in [-0.15, -0.1) is 0 Å². The van der Waals surface area contributed by atoms with Crippen LogP contribution >= 0.6 is 0 Å². The van der Waals surface area contributed by atoms with Gasteiger partial charge >= 0.3 is 0 Å². The molecule has 0 saturated heterocycles. The zero-order chi connectivity index (χ0) is 16.8. The molecule has 1 amide bonds. The molecular weight excluding hydrogens is 296 g/mol. The number of nitrogens with zero attached hydrogens (tertiary/aromatic N) is 1. The Morgan fingerprint density at radius 2 is 1.88 bits per heavy atom. The number of hydrogen-bond donors (Lipinski definition) is 1. The first-order valence-corrected chi connectivity index (χ1v) is 9.07. The fourth-order valence-corrected chi connectivity index (χ4v) is 3.62. The van der Waals surface area contributed by atoms with Crippen LogP contribution < -0.4 is 5.43 Å². The van der Waals surface area contributed by atoms with E-state index in [-0.39, 0.29) is 5.91 Å². The van der Waals surface area contributed by atoms with E-state index >= 15 is 0 Å². The molecule has 1 aliphatic carbocycles. The van der Waals surface area contributed by atoms with Gasteiger partial charge in [-0.05, 0) is 47.9 Å². The van der Waals surface area contributed by atoms with E-state index in [9.17, 15) is 4.79 Å². The average molecular weight is 322 g/mol. The van der Waals surface area contributed by atoms with Gasteiger partial charge in [-0.2, -0.15) is 5.10 Å². The summed E-state index contributed by atoms with van der Waals surface area (Å²) in [5.74, 6) is 0.815. The molecule has 0 unspecified atom stereocenters. The van der Waals surface area contributed by atoms with Gasteiger partial charge in [0, 0.05) is 5.71 Å². The smallest absolute Gasteiger partial charge is 0.244 e. The van der Waals surface area contributed by atoms with Crippen molar-refractivity contribution in [2.24, 2.45) is 11.0 Å². The second-order valence-electron chi connectivity index (χ2n) is 6.76. The van der Waals surface area contributed by atoms with E-state index < -0.39 is 0 Å². The summed E-state index contributed by atoms with van der Waals surface area (Å²) in [7, 11) is 0. The van der Waals surface area contributed by atoms with E-state index in [1.807, 2.05) is 24.3 Å². The molecule has 2 aromatic rings. The molecule has 1 fully saturated rings. The third-order valence-corrected chi connectivity index (χ3v) is 4.95. The SMILES string of the molecule is CCCC1CCC(=NNC(=O)Cc2cccc3ccccc23)CC1. The van der Waals surface area contributed by atoms with Crippen LogP contribution in [-0.2, 0) is 11.2 Å². The van der Waals surface area contributed by atoms with E-state index in [2.05, 4.69) is 35.7 Å². The van der Waals surface area contributed by atoms with Gasteiger partial charge in [-0.25, -0.2) is 5.43 Å². The monoisotopic (exact) mass is 322 g/mol. The minimum absolute atomic E-state index is 0.0328. The lowest BCUT2D eigenvalue weighted by Crippen LogP contribution is -2.23. The summed E-state index contributed by atoms with van der Waals surface area (Å²) < 4.78 is 0. The zero-order valence-corrected chi connectivity index (χ0v) is 14.4.